The number of rotatable bonds is 46. The SMILES string of the molecule is CCCCCCCCCCCCCCCCCCCCCCCCCCCCCCCCCCCCCCCCCCCCCCCP(C)(C)(C)Br. The minimum absolute atomic E-state index is 1.37. The van der Waals surface area contributed by atoms with Crippen molar-refractivity contribution < 1.29 is 0 Å². The summed E-state index contributed by atoms with van der Waals surface area (Å²) in [7, 11) is 0. The van der Waals surface area contributed by atoms with Gasteiger partial charge in [-0.1, -0.05) is 225 Å². The second kappa shape index (κ2) is 41.5. The van der Waals surface area contributed by atoms with Gasteiger partial charge in [-0.2, -0.15) is 0 Å². The van der Waals surface area contributed by atoms with Gasteiger partial charge in [-0.15, -0.1) is 0 Å². The topological polar surface area (TPSA) is 0 Å². The first kappa shape index (κ1) is 52.9. The van der Waals surface area contributed by atoms with E-state index in [1.807, 2.05) is 0 Å². The van der Waals surface area contributed by atoms with Crippen LogP contribution < -0.4 is 0 Å². The zero-order chi connectivity index (χ0) is 38.0. The third kappa shape index (κ3) is 50.9. The van der Waals surface area contributed by atoms with E-state index in [0.717, 1.165) is 0 Å². The van der Waals surface area contributed by atoms with Gasteiger partial charge in [0, 0.05) is 0 Å². The van der Waals surface area contributed by atoms with Crippen molar-refractivity contribution in [1.29, 1.82) is 0 Å². The van der Waals surface area contributed by atoms with Crippen molar-refractivity contribution in [3.8, 4) is 0 Å². The summed E-state index contributed by atoms with van der Waals surface area (Å²) in [5, 5.41) is -1.43. The quantitative estimate of drug-likeness (QED) is 0.0424. The summed E-state index contributed by atoms with van der Waals surface area (Å²) in [5.41, 5.74) is 0. The maximum absolute atomic E-state index is 3.99. The van der Waals surface area contributed by atoms with Crippen LogP contribution in [-0.4, -0.2) is 26.2 Å². The van der Waals surface area contributed by atoms with E-state index < -0.39 is 5.31 Å². The van der Waals surface area contributed by atoms with E-state index in [0.29, 0.717) is 0 Å². The van der Waals surface area contributed by atoms with Crippen LogP contribution in [0.4, 0.5) is 0 Å². The molecule has 52 heavy (non-hydrogen) atoms. The van der Waals surface area contributed by atoms with E-state index in [1.54, 1.807) is 0 Å². The first-order valence-electron chi connectivity index (χ1n) is 25.0. The normalized spacial score (nSPS) is 12.8. The van der Waals surface area contributed by atoms with Crippen LogP contribution in [0.15, 0.2) is 0 Å². The monoisotopic (exact) mass is 815 g/mol. The molecule has 0 aliphatic rings. The Morgan fingerprint density at radius 3 is 0.442 bits per heavy atom. The third-order valence-electron chi connectivity index (χ3n) is 12.0. The Morgan fingerprint density at radius 2 is 0.327 bits per heavy atom. The summed E-state index contributed by atoms with van der Waals surface area (Å²) >= 11 is 3.99. The number of halogens is 1. The van der Waals surface area contributed by atoms with Gasteiger partial charge in [0.15, 0.2) is 0 Å². The van der Waals surface area contributed by atoms with E-state index in [2.05, 4.69) is 42.4 Å². The fourth-order valence-corrected chi connectivity index (χ4v) is 10.4. The molecule has 0 amide bonds. The van der Waals surface area contributed by atoms with Crippen LogP contribution in [-0.2, 0) is 0 Å². The van der Waals surface area contributed by atoms with Gasteiger partial charge in [0.25, 0.3) is 0 Å². The molecule has 0 rings (SSSR count). The standard InChI is InChI=1S/C50H104BrP/c1-5-6-7-8-9-10-11-12-13-14-15-16-17-18-19-20-21-22-23-24-25-26-27-28-29-30-31-32-33-34-35-36-37-38-39-40-41-42-43-44-45-46-47-48-49-50-52(2,3,4)51/h5-50H2,1-4H3. The second-order valence-corrected chi connectivity index (χ2v) is 33.4. The summed E-state index contributed by atoms with van der Waals surface area (Å²) < 4.78 is 0. The molecule has 0 saturated heterocycles. The van der Waals surface area contributed by atoms with Gasteiger partial charge in [-0.05, 0) is 0 Å². The molecule has 0 aromatic heterocycles. The van der Waals surface area contributed by atoms with Gasteiger partial charge in [0.2, 0.25) is 0 Å². The average molecular weight is 816 g/mol. The molecular weight excluding hydrogens is 711 g/mol. The third-order valence-corrected chi connectivity index (χ3v) is 14.9. The van der Waals surface area contributed by atoms with E-state index in [9.17, 15) is 0 Å². The summed E-state index contributed by atoms with van der Waals surface area (Å²) in [6.45, 7) is 9.64. The van der Waals surface area contributed by atoms with Crippen molar-refractivity contribution in [1.82, 2.24) is 0 Å². The predicted molar refractivity (Wildman–Crippen MR) is 252 cm³/mol. The van der Waals surface area contributed by atoms with Crippen LogP contribution >= 0.6 is 20.8 Å². The van der Waals surface area contributed by atoms with Crippen molar-refractivity contribution in [2.75, 3.05) is 26.2 Å². The first-order chi connectivity index (χ1) is 25.3. The Balaban J connectivity index is 3.08. The van der Waals surface area contributed by atoms with Gasteiger partial charge in [-0.3, -0.25) is 0 Å². The molecule has 316 valence electrons. The van der Waals surface area contributed by atoms with Crippen molar-refractivity contribution >= 4 is 20.8 Å². The molecule has 0 fully saturated rings. The van der Waals surface area contributed by atoms with Gasteiger partial charge >= 0.3 is 118 Å². The fourth-order valence-electron chi connectivity index (χ4n) is 8.32. The Morgan fingerprint density at radius 1 is 0.212 bits per heavy atom. The first-order valence-corrected chi connectivity index (χ1v) is 30.8. The van der Waals surface area contributed by atoms with Crippen molar-refractivity contribution in [2.24, 2.45) is 0 Å². The Kier molecular flexibility index (Phi) is 42.3. The molecule has 0 radical (unpaired) electrons. The molecule has 0 aromatic carbocycles. The van der Waals surface area contributed by atoms with Crippen LogP contribution in [0.25, 0.3) is 0 Å². The molecule has 0 saturated carbocycles. The predicted octanol–water partition coefficient (Wildman–Crippen LogP) is 20.3. The summed E-state index contributed by atoms with van der Waals surface area (Å²) in [6.07, 6.45) is 68.2. The van der Waals surface area contributed by atoms with Crippen LogP contribution in [0, 0.1) is 0 Å². The van der Waals surface area contributed by atoms with E-state index in [1.165, 1.54) is 295 Å². The van der Waals surface area contributed by atoms with Crippen LogP contribution in [0.1, 0.15) is 296 Å². The molecule has 0 atom stereocenters. The van der Waals surface area contributed by atoms with E-state index in [4.69, 9.17) is 0 Å². The van der Waals surface area contributed by atoms with E-state index in [-0.39, 0.29) is 0 Å². The Labute approximate surface area is 341 Å². The summed E-state index contributed by atoms with van der Waals surface area (Å²) in [5.74, 6) is 0. The van der Waals surface area contributed by atoms with Gasteiger partial charge in [0.1, 0.15) is 0 Å². The van der Waals surface area contributed by atoms with Gasteiger partial charge < -0.3 is 0 Å². The second-order valence-electron chi connectivity index (χ2n) is 19.2. The fraction of sp³-hybridized carbons (Fsp3) is 1.00. The number of unbranched alkanes of at least 4 members (excludes halogenated alkanes) is 44. The Hall–Kier alpha value is 0.910. The van der Waals surface area contributed by atoms with Crippen molar-refractivity contribution in [2.45, 2.75) is 296 Å². The summed E-state index contributed by atoms with van der Waals surface area (Å²) in [6, 6.07) is 0. The molecule has 0 aromatic rings. The molecule has 0 heterocycles. The minimum atomic E-state index is -1.43. The maximum atomic E-state index is 3.99. The zero-order valence-electron chi connectivity index (χ0n) is 37.4. The molecule has 0 aliphatic heterocycles. The van der Waals surface area contributed by atoms with E-state index >= 15 is 0 Å². The van der Waals surface area contributed by atoms with Gasteiger partial charge in [0.05, 0.1) is 0 Å². The molecular formula is C50H104BrP. The van der Waals surface area contributed by atoms with Crippen LogP contribution in [0.3, 0.4) is 0 Å². The van der Waals surface area contributed by atoms with Gasteiger partial charge in [-0.25, -0.2) is 0 Å². The number of hydrogen-bond acceptors (Lipinski definition) is 0. The molecule has 0 aliphatic carbocycles. The van der Waals surface area contributed by atoms with Crippen LogP contribution in [0.2, 0.25) is 0 Å². The average Bonchev–Trinajstić information content (AvgIpc) is 3.11. The van der Waals surface area contributed by atoms with Crippen molar-refractivity contribution in [3.63, 3.8) is 0 Å². The molecule has 0 N–H and O–H groups in total. The van der Waals surface area contributed by atoms with Crippen molar-refractivity contribution in [3.05, 3.63) is 0 Å². The molecule has 0 bridgehead atoms. The zero-order valence-corrected chi connectivity index (χ0v) is 39.8. The summed E-state index contributed by atoms with van der Waals surface area (Å²) in [4.78, 5) is 0. The Bertz CT molecular complexity index is 641. The molecule has 0 spiro atoms. The van der Waals surface area contributed by atoms with Crippen LogP contribution in [0.5, 0.6) is 0 Å². The molecule has 2 heteroatoms. The molecule has 0 unspecified atom stereocenters. The molecule has 0 nitrogen and oxygen atoms in total. The number of hydrogen-bond donors (Lipinski definition) is 0.